The zero-order valence-electron chi connectivity index (χ0n) is 20.0. The summed E-state index contributed by atoms with van der Waals surface area (Å²) >= 11 is 1.43. The van der Waals surface area contributed by atoms with Crippen LogP contribution in [0.3, 0.4) is 0 Å². The number of fused-ring (bicyclic) bond motifs is 1. The number of hydrogen-bond acceptors (Lipinski definition) is 4. The Balaban J connectivity index is 0.00000280. The second kappa shape index (κ2) is 10.4. The van der Waals surface area contributed by atoms with Gasteiger partial charge in [0.15, 0.2) is 0 Å². The molecule has 0 N–H and O–H groups in total. The van der Waals surface area contributed by atoms with Crippen molar-refractivity contribution in [2.75, 3.05) is 6.66 Å². The molecule has 0 unspecified atom stereocenters. The van der Waals surface area contributed by atoms with Crippen molar-refractivity contribution in [1.82, 2.24) is 14.6 Å². The van der Waals surface area contributed by atoms with Crippen LogP contribution in [-0.2, 0) is 0 Å². The summed E-state index contributed by atoms with van der Waals surface area (Å²) in [7, 11) is -2.01. The van der Waals surface area contributed by atoms with Gasteiger partial charge in [-0.05, 0) is 36.4 Å². The van der Waals surface area contributed by atoms with Gasteiger partial charge < -0.3 is 12.4 Å². The van der Waals surface area contributed by atoms with Gasteiger partial charge in [-0.1, -0.05) is 90.2 Å². The molecule has 6 aromatic rings. The van der Waals surface area contributed by atoms with E-state index in [-0.39, 0.29) is 18.0 Å². The molecule has 0 amide bonds. The van der Waals surface area contributed by atoms with Gasteiger partial charge in [-0.25, -0.2) is 4.98 Å². The maximum Gasteiger partial charge on any atom is 0.275 e. The van der Waals surface area contributed by atoms with Crippen molar-refractivity contribution < 1.29 is 12.4 Å². The zero-order chi connectivity index (χ0) is 24.5. The summed E-state index contributed by atoms with van der Waals surface area (Å²) in [5.41, 5.74) is 2.45. The Morgan fingerprint density at radius 1 is 0.730 bits per heavy atom. The highest BCUT2D eigenvalue weighted by molar-refractivity contribution is 7.95. The van der Waals surface area contributed by atoms with Crippen LogP contribution in [0.1, 0.15) is 0 Å². The van der Waals surface area contributed by atoms with Gasteiger partial charge in [0.2, 0.25) is 4.96 Å². The largest absolute Gasteiger partial charge is 1.00 e. The first kappa shape index (κ1) is 25.0. The highest BCUT2D eigenvalue weighted by Crippen LogP contribution is 2.53. The standard InChI is InChI=1S/C30H23N3OPS.ClH/c1-35(23-15-7-3-8-16-23,24-17-9-4-10-18-24)27-20-12-11-19-25(27)26-21-28(34)33-30(31-26)36-29(32-33)22-13-5-2-6-14-22;/h2-21H,1H3;1H/q+1;/p-1. The van der Waals surface area contributed by atoms with Crippen molar-refractivity contribution in [3.8, 4) is 21.8 Å². The van der Waals surface area contributed by atoms with Crippen molar-refractivity contribution in [2.24, 2.45) is 0 Å². The number of rotatable bonds is 5. The molecule has 0 aliphatic rings. The van der Waals surface area contributed by atoms with Gasteiger partial charge in [0, 0.05) is 17.2 Å². The van der Waals surface area contributed by atoms with E-state index in [9.17, 15) is 4.79 Å². The quantitative estimate of drug-likeness (QED) is 0.316. The highest BCUT2D eigenvalue weighted by Gasteiger charge is 2.42. The minimum atomic E-state index is -2.01. The monoisotopic (exact) mass is 539 g/mol. The topological polar surface area (TPSA) is 47.3 Å². The summed E-state index contributed by atoms with van der Waals surface area (Å²) < 4.78 is 1.40. The Kier molecular flexibility index (Phi) is 7.03. The Bertz CT molecular complexity index is 1680. The number of aromatic nitrogens is 3. The average Bonchev–Trinajstić information content (AvgIpc) is 3.39. The molecule has 0 atom stereocenters. The number of benzene rings is 4. The van der Waals surface area contributed by atoms with Crippen molar-refractivity contribution in [3.05, 3.63) is 132 Å². The van der Waals surface area contributed by atoms with Crippen LogP contribution in [0.15, 0.2) is 126 Å². The first-order chi connectivity index (χ1) is 17.6. The van der Waals surface area contributed by atoms with Gasteiger partial charge in [-0.2, -0.15) is 9.61 Å². The summed E-state index contributed by atoms with van der Waals surface area (Å²) in [4.78, 5) is 18.7. The van der Waals surface area contributed by atoms with E-state index in [1.54, 1.807) is 6.07 Å². The molecule has 0 bridgehead atoms. The van der Waals surface area contributed by atoms with Crippen LogP contribution < -0.4 is 33.9 Å². The van der Waals surface area contributed by atoms with Crippen LogP contribution in [0.25, 0.3) is 26.8 Å². The molecule has 0 aliphatic heterocycles. The van der Waals surface area contributed by atoms with E-state index in [2.05, 4.69) is 90.6 Å². The molecule has 0 saturated heterocycles. The molecule has 6 rings (SSSR count). The first-order valence-corrected chi connectivity index (χ1v) is 14.7. The van der Waals surface area contributed by atoms with Crippen LogP contribution in [0, 0.1) is 0 Å². The summed E-state index contributed by atoms with van der Waals surface area (Å²) in [6.07, 6.45) is 0. The normalized spacial score (nSPS) is 11.3. The molecular weight excluding hydrogens is 517 g/mol. The molecule has 0 saturated carbocycles. The van der Waals surface area contributed by atoms with Crippen LogP contribution >= 0.6 is 18.6 Å². The molecule has 0 radical (unpaired) electrons. The van der Waals surface area contributed by atoms with Crippen LogP contribution in [0.2, 0.25) is 0 Å². The Labute approximate surface area is 226 Å². The van der Waals surface area contributed by atoms with Gasteiger partial charge in [0.1, 0.15) is 28.2 Å². The van der Waals surface area contributed by atoms with E-state index in [1.165, 1.54) is 31.8 Å². The van der Waals surface area contributed by atoms with Gasteiger partial charge in [0.25, 0.3) is 5.56 Å². The summed E-state index contributed by atoms with van der Waals surface area (Å²) in [5.74, 6) is 0. The average molecular weight is 540 g/mol. The van der Waals surface area contributed by atoms with Crippen molar-refractivity contribution in [1.29, 1.82) is 0 Å². The lowest BCUT2D eigenvalue weighted by atomic mass is 10.1. The fourth-order valence-corrected chi connectivity index (χ4v) is 8.96. The minimum absolute atomic E-state index is 0. The van der Waals surface area contributed by atoms with E-state index >= 15 is 0 Å². The molecule has 37 heavy (non-hydrogen) atoms. The lowest BCUT2D eigenvalue weighted by Gasteiger charge is -2.25. The molecule has 0 spiro atoms. The van der Waals surface area contributed by atoms with Gasteiger partial charge in [-0.3, -0.25) is 4.79 Å². The van der Waals surface area contributed by atoms with E-state index in [0.717, 1.165) is 16.1 Å². The summed E-state index contributed by atoms with van der Waals surface area (Å²) in [6.45, 7) is 2.35. The van der Waals surface area contributed by atoms with E-state index in [4.69, 9.17) is 4.98 Å². The number of halogens is 1. The number of nitrogens with zero attached hydrogens (tertiary/aromatic N) is 3. The van der Waals surface area contributed by atoms with E-state index in [0.29, 0.717) is 10.7 Å². The third-order valence-electron chi connectivity index (χ3n) is 6.47. The summed E-state index contributed by atoms with van der Waals surface area (Å²) in [6, 6.07) is 41.2. The van der Waals surface area contributed by atoms with Crippen molar-refractivity contribution in [2.45, 2.75) is 0 Å². The molecule has 182 valence electrons. The second-order valence-electron chi connectivity index (χ2n) is 8.64. The molecule has 7 heteroatoms. The zero-order valence-corrected chi connectivity index (χ0v) is 22.5. The van der Waals surface area contributed by atoms with E-state index < -0.39 is 7.26 Å². The number of hydrogen-bond donors (Lipinski definition) is 0. The molecule has 4 aromatic carbocycles. The minimum Gasteiger partial charge on any atom is -1.00 e. The molecule has 0 fully saturated rings. The first-order valence-electron chi connectivity index (χ1n) is 11.7. The van der Waals surface area contributed by atoms with Gasteiger partial charge in [-0.15, -0.1) is 0 Å². The summed E-state index contributed by atoms with van der Waals surface area (Å²) in [5, 5.41) is 9.09. The molecule has 2 aromatic heterocycles. The maximum atomic E-state index is 13.2. The van der Waals surface area contributed by atoms with Crippen molar-refractivity contribution >= 4 is 39.5 Å². The molecular formula is C30H23ClN3OPS. The van der Waals surface area contributed by atoms with Gasteiger partial charge >= 0.3 is 0 Å². The lowest BCUT2D eigenvalue weighted by molar-refractivity contribution is -0.00000704. The Hall–Kier alpha value is -3.63. The van der Waals surface area contributed by atoms with E-state index in [1.807, 2.05) is 36.4 Å². The van der Waals surface area contributed by atoms with Gasteiger partial charge in [0.05, 0.1) is 12.4 Å². The van der Waals surface area contributed by atoms with Crippen LogP contribution in [0.4, 0.5) is 0 Å². The Morgan fingerprint density at radius 2 is 1.27 bits per heavy atom. The predicted molar refractivity (Wildman–Crippen MR) is 153 cm³/mol. The fraction of sp³-hybridized carbons (Fsp3) is 0.0333. The Morgan fingerprint density at radius 3 is 1.89 bits per heavy atom. The third kappa shape index (κ3) is 4.51. The molecule has 2 heterocycles. The molecule has 0 aliphatic carbocycles. The lowest BCUT2D eigenvalue weighted by Crippen LogP contribution is -3.00. The fourth-order valence-electron chi connectivity index (χ4n) is 4.61. The highest BCUT2D eigenvalue weighted by atomic mass is 35.5. The predicted octanol–water partition coefficient (Wildman–Crippen LogP) is 2.41. The van der Waals surface area contributed by atoms with Crippen LogP contribution in [-0.4, -0.2) is 21.3 Å². The SMILES string of the molecule is C[P+](c1ccccc1)(c1ccccc1)c1ccccc1-c1cc(=O)n2nc(-c3ccccc3)sc2n1.[Cl-]. The van der Waals surface area contributed by atoms with Crippen LogP contribution in [0.5, 0.6) is 0 Å². The second-order valence-corrected chi connectivity index (χ2v) is 13.1. The maximum absolute atomic E-state index is 13.2. The van der Waals surface area contributed by atoms with Crippen molar-refractivity contribution in [3.63, 3.8) is 0 Å². The smallest absolute Gasteiger partial charge is 0.275 e. The molecule has 4 nitrogen and oxygen atoms in total. The third-order valence-corrected chi connectivity index (χ3v) is 11.4.